The molecule has 1 aromatic carbocycles. The Morgan fingerprint density at radius 1 is 1.47 bits per heavy atom. The number of amides is 1. The molecule has 1 aliphatic heterocycles. The molecule has 0 bridgehead atoms. The molecule has 0 aliphatic carbocycles. The van der Waals surface area contributed by atoms with Crippen LogP contribution in [0.2, 0.25) is 0 Å². The quantitative estimate of drug-likeness (QED) is 0.874. The predicted octanol–water partition coefficient (Wildman–Crippen LogP) is 2.46. The van der Waals surface area contributed by atoms with Crippen LogP contribution in [0, 0.1) is 6.92 Å². The van der Waals surface area contributed by atoms with Crippen LogP contribution in [0.5, 0.6) is 0 Å². The molecule has 0 fully saturated rings. The number of allylic oxidation sites excluding steroid dienone is 1. The molecule has 0 aromatic heterocycles. The fourth-order valence-corrected chi connectivity index (χ4v) is 2.11. The highest BCUT2D eigenvalue weighted by atomic mass is 16.5. The van der Waals surface area contributed by atoms with Gasteiger partial charge in [0.1, 0.15) is 6.10 Å². The van der Waals surface area contributed by atoms with E-state index < -0.39 is 0 Å². The van der Waals surface area contributed by atoms with Crippen molar-refractivity contribution in [2.45, 2.75) is 25.9 Å². The van der Waals surface area contributed by atoms with Gasteiger partial charge in [0.05, 0.1) is 12.8 Å². The average molecular weight is 260 g/mol. The summed E-state index contributed by atoms with van der Waals surface area (Å²) >= 11 is 0. The van der Waals surface area contributed by atoms with Gasteiger partial charge < -0.3 is 15.4 Å². The Hall–Kier alpha value is -1.97. The summed E-state index contributed by atoms with van der Waals surface area (Å²) in [6, 6.07) is 5.66. The molecule has 2 rings (SSSR count). The number of nitrogens with one attached hydrogen (secondary N) is 2. The summed E-state index contributed by atoms with van der Waals surface area (Å²) in [6.07, 6.45) is 6.15. The van der Waals surface area contributed by atoms with Crippen molar-refractivity contribution in [2.75, 3.05) is 18.9 Å². The van der Waals surface area contributed by atoms with E-state index in [0.717, 1.165) is 30.6 Å². The molecule has 0 radical (unpaired) electrons. The van der Waals surface area contributed by atoms with Crippen LogP contribution in [-0.2, 0) is 4.74 Å². The van der Waals surface area contributed by atoms with E-state index in [1.165, 1.54) is 0 Å². The zero-order valence-electron chi connectivity index (χ0n) is 11.4. The summed E-state index contributed by atoms with van der Waals surface area (Å²) in [4.78, 5) is 11.5. The van der Waals surface area contributed by atoms with Crippen LogP contribution in [0.25, 0.3) is 0 Å². The summed E-state index contributed by atoms with van der Waals surface area (Å²) in [7, 11) is 1.64. The largest absolute Gasteiger partial charge is 0.497 e. The van der Waals surface area contributed by atoms with Crippen LogP contribution in [0.1, 0.15) is 28.8 Å². The number of ether oxygens (including phenoxy) is 1. The third-order valence-corrected chi connectivity index (χ3v) is 3.26. The predicted molar refractivity (Wildman–Crippen MR) is 76.3 cm³/mol. The first kappa shape index (κ1) is 13.5. The number of hydrogen-bond donors (Lipinski definition) is 2. The Balaban J connectivity index is 1.97. The molecule has 2 N–H and O–H groups in total. The third kappa shape index (κ3) is 3.50. The summed E-state index contributed by atoms with van der Waals surface area (Å²) in [5.41, 5.74) is 2.79. The van der Waals surface area contributed by atoms with Crippen molar-refractivity contribution < 1.29 is 9.53 Å². The zero-order chi connectivity index (χ0) is 13.7. The van der Waals surface area contributed by atoms with Crippen LogP contribution in [-0.4, -0.2) is 25.6 Å². The van der Waals surface area contributed by atoms with E-state index in [1.807, 2.05) is 31.2 Å². The van der Waals surface area contributed by atoms with E-state index in [-0.39, 0.29) is 12.0 Å². The van der Waals surface area contributed by atoms with Crippen molar-refractivity contribution in [1.29, 1.82) is 0 Å². The van der Waals surface area contributed by atoms with Gasteiger partial charge in [0.25, 0.3) is 5.91 Å². The fourth-order valence-electron chi connectivity index (χ4n) is 2.11. The van der Waals surface area contributed by atoms with Crippen LogP contribution < -0.4 is 10.6 Å². The maximum absolute atomic E-state index is 11.5. The van der Waals surface area contributed by atoms with Gasteiger partial charge in [-0.2, -0.15) is 0 Å². The van der Waals surface area contributed by atoms with Gasteiger partial charge in [-0.05, 0) is 49.6 Å². The number of rotatable bonds is 4. The van der Waals surface area contributed by atoms with Crippen molar-refractivity contribution in [3.8, 4) is 0 Å². The molecule has 102 valence electrons. The number of aryl methyl sites for hydroxylation is 1. The van der Waals surface area contributed by atoms with E-state index in [2.05, 4.69) is 10.6 Å². The highest BCUT2D eigenvalue weighted by Gasteiger charge is 2.11. The van der Waals surface area contributed by atoms with E-state index in [1.54, 1.807) is 13.3 Å². The number of hydrogen-bond acceptors (Lipinski definition) is 3. The highest BCUT2D eigenvalue weighted by molar-refractivity contribution is 5.94. The van der Waals surface area contributed by atoms with Gasteiger partial charge >= 0.3 is 0 Å². The smallest absolute Gasteiger partial charge is 0.251 e. The van der Waals surface area contributed by atoms with Gasteiger partial charge in [-0.25, -0.2) is 0 Å². The molecule has 4 nitrogen and oxygen atoms in total. The van der Waals surface area contributed by atoms with Crippen molar-refractivity contribution in [3.05, 3.63) is 41.7 Å². The van der Waals surface area contributed by atoms with Crippen LogP contribution in [0.3, 0.4) is 0 Å². The van der Waals surface area contributed by atoms with Crippen molar-refractivity contribution in [3.63, 3.8) is 0 Å². The van der Waals surface area contributed by atoms with E-state index in [0.29, 0.717) is 5.56 Å². The molecule has 4 heteroatoms. The lowest BCUT2D eigenvalue weighted by molar-refractivity contribution is 0.0963. The monoisotopic (exact) mass is 260 g/mol. The minimum Gasteiger partial charge on any atom is -0.497 e. The number of carbonyl (C=O) groups is 1. The fraction of sp³-hybridized carbons (Fsp3) is 0.400. The molecule has 0 spiro atoms. The molecule has 1 aromatic rings. The van der Waals surface area contributed by atoms with Crippen molar-refractivity contribution >= 4 is 11.6 Å². The van der Waals surface area contributed by atoms with Crippen molar-refractivity contribution in [2.24, 2.45) is 0 Å². The first-order valence-corrected chi connectivity index (χ1v) is 6.58. The van der Waals surface area contributed by atoms with E-state index >= 15 is 0 Å². The van der Waals surface area contributed by atoms with Gasteiger partial charge in [-0.1, -0.05) is 0 Å². The Labute approximate surface area is 113 Å². The van der Waals surface area contributed by atoms with Gasteiger partial charge in [-0.3, -0.25) is 4.79 Å². The Morgan fingerprint density at radius 3 is 2.95 bits per heavy atom. The first-order chi connectivity index (χ1) is 9.20. The van der Waals surface area contributed by atoms with Crippen LogP contribution in [0.4, 0.5) is 5.69 Å². The third-order valence-electron chi connectivity index (χ3n) is 3.26. The van der Waals surface area contributed by atoms with Gasteiger partial charge in [-0.15, -0.1) is 0 Å². The topological polar surface area (TPSA) is 50.4 Å². The number of anilines is 1. The average Bonchev–Trinajstić information content (AvgIpc) is 2.46. The van der Waals surface area contributed by atoms with Gasteiger partial charge in [0.15, 0.2) is 0 Å². The van der Waals surface area contributed by atoms with E-state index in [4.69, 9.17) is 4.74 Å². The second-order valence-corrected chi connectivity index (χ2v) is 4.70. The van der Waals surface area contributed by atoms with Gasteiger partial charge in [0.2, 0.25) is 0 Å². The molecule has 1 aliphatic rings. The summed E-state index contributed by atoms with van der Waals surface area (Å²) < 4.78 is 5.51. The van der Waals surface area contributed by atoms with Crippen molar-refractivity contribution in [1.82, 2.24) is 5.32 Å². The number of carbonyl (C=O) groups excluding carboxylic acids is 1. The van der Waals surface area contributed by atoms with Crippen LogP contribution >= 0.6 is 0 Å². The minimum absolute atomic E-state index is 0.0598. The summed E-state index contributed by atoms with van der Waals surface area (Å²) in [6.45, 7) is 2.78. The SMILES string of the molecule is CNC(=O)c1ccc(NCC2CCC=CO2)c(C)c1. The second kappa shape index (κ2) is 6.27. The van der Waals surface area contributed by atoms with Crippen LogP contribution in [0.15, 0.2) is 30.5 Å². The first-order valence-electron chi connectivity index (χ1n) is 6.58. The molecule has 0 saturated heterocycles. The molecular weight excluding hydrogens is 240 g/mol. The lowest BCUT2D eigenvalue weighted by Crippen LogP contribution is -2.23. The highest BCUT2D eigenvalue weighted by Crippen LogP contribution is 2.18. The maximum atomic E-state index is 11.5. The zero-order valence-corrected chi connectivity index (χ0v) is 11.4. The standard InChI is InChI=1S/C15H20N2O2/c1-11-9-12(15(18)16-2)6-7-14(11)17-10-13-5-3-4-8-19-13/h4,6-9,13,17H,3,5,10H2,1-2H3,(H,16,18). The molecule has 1 atom stereocenters. The summed E-state index contributed by atoms with van der Waals surface area (Å²) in [5.74, 6) is -0.0598. The Kier molecular flexibility index (Phi) is 4.44. The van der Waals surface area contributed by atoms with E-state index in [9.17, 15) is 4.79 Å². The molecule has 1 unspecified atom stereocenters. The summed E-state index contributed by atoms with van der Waals surface area (Å²) in [5, 5.41) is 6.00. The molecular formula is C15H20N2O2. The molecule has 1 heterocycles. The Morgan fingerprint density at radius 2 is 2.32 bits per heavy atom. The molecule has 0 saturated carbocycles. The lowest BCUT2D eigenvalue weighted by atomic mass is 10.1. The minimum atomic E-state index is -0.0598. The maximum Gasteiger partial charge on any atom is 0.251 e. The Bertz CT molecular complexity index is 483. The molecule has 19 heavy (non-hydrogen) atoms. The second-order valence-electron chi connectivity index (χ2n) is 4.70. The molecule has 1 amide bonds. The normalized spacial score (nSPS) is 17.7. The lowest BCUT2D eigenvalue weighted by Gasteiger charge is -2.21. The number of benzene rings is 1. The van der Waals surface area contributed by atoms with Gasteiger partial charge in [0, 0.05) is 18.3 Å².